The van der Waals surface area contributed by atoms with E-state index in [4.69, 9.17) is 4.74 Å². The molecule has 1 amide bonds. The Labute approximate surface area is 126 Å². The third-order valence-corrected chi connectivity index (χ3v) is 3.42. The standard InChI is InChI=1S/C17H23NO3/c1-17(2,3)21-16(20)18-10-9-14(12-19)15(11-18)13-7-5-4-6-8-13/h4-8,19H,9-12H2,1-3H3. The van der Waals surface area contributed by atoms with E-state index in [1.807, 2.05) is 51.1 Å². The maximum atomic E-state index is 12.2. The van der Waals surface area contributed by atoms with Crippen LogP contribution in [-0.4, -0.2) is 41.4 Å². The van der Waals surface area contributed by atoms with E-state index in [0.29, 0.717) is 19.5 Å². The molecule has 2 rings (SSSR count). The Hall–Kier alpha value is -1.81. The predicted molar refractivity (Wildman–Crippen MR) is 82.9 cm³/mol. The quantitative estimate of drug-likeness (QED) is 0.910. The van der Waals surface area contributed by atoms with E-state index in [-0.39, 0.29) is 12.7 Å². The summed E-state index contributed by atoms with van der Waals surface area (Å²) in [4.78, 5) is 13.9. The highest BCUT2D eigenvalue weighted by atomic mass is 16.6. The summed E-state index contributed by atoms with van der Waals surface area (Å²) in [6.45, 7) is 6.69. The van der Waals surface area contributed by atoms with Gasteiger partial charge in [0.05, 0.1) is 6.61 Å². The minimum absolute atomic E-state index is 0.0341. The van der Waals surface area contributed by atoms with Crippen molar-refractivity contribution >= 4 is 11.7 Å². The lowest BCUT2D eigenvalue weighted by Gasteiger charge is -2.32. The Balaban J connectivity index is 2.19. The van der Waals surface area contributed by atoms with Gasteiger partial charge in [0.1, 0.15) is 5.60 Å². The third-order valence-electron chi connectivity index (χ3n) is 3.42. The number of aliphatic hydroxyl groups is 1. The highest BCUT2D eigenvalue weighted by Crippen LogP contribution is 2.27. The lowest BCUT2D eigenvalue weighted by molar-refractivity contribution is 0.0269. The SMILES string of the molecule is CC(C)(C)OC(=O)N1CCC(CO)=C(c2ccccc2)C1. The number of nitrogens with zero attached hydrogens (tertiary/aromatic N) is 1. The molecule has 0 aromatic heterocycles. The molecule has 0 saturated heterocycles. The number of carbonyl (C=O) groups excluding carboxylic acids is 1. The molecule has 1 N–H and O–H groups in total. The van der Waals surface area contributed by atoms with E-state index in [9.17, 15) is 9.90 Å². The minimum Gasteiger partial charge on any atom is -0.444 e. The lowest BCUT2D eigenvalue weighted by atomic mass is 9.94. The monoisotopic (exact) mass is 289 g/mol. The molecule has 114 valence electrons. The summed E-state index contributed by atoms with van der Waals surface area (Å²) in [7, 11) is 0. The summed E-state index contributed by atoms with van der Waals surface area (Å²) in [6.07, 6.45) is 0.382. The van der Waals surface area contributed by atoms with E-state index in [2.05, 4.69) is 0 Å². The zero-order valence-corrected chi connectivity index (χ0v) is 12.9. The number of ether oxygens (including phenoxy) is 1. The van der Waals surface area contributed by atoms with Crippen LogP contribution in [0.2, 0.25) is 0 Å². The summed E-state index contributed by atoms with van der Waals surface area (Å²) in [5.74, 6) is 0. The fourth-order valence-corrected chi connectivity index (χ4v) is 2.39. The van der Waals surface area contributed by atoms with Gasteiger partial charge in [0.15, 0.2) is 0 Å². The van der Waals surface area contributed by atoms with Crippen molar-refractivity contribution in [1.29, 1.82) is 0 Å². The Morgan fingerprint density at radius 3 is 2.52 bits per heavy atom. The first-order chi connectivity index (χ1) is 9.90. The number of aliphatic hydroxyl groups excluding tert-OH is 1. The molecule has 0 fully saturated rings. The summed E-state index contributed by atoms with van der Waals surface area (Å²) in [6, 6.07) is 9.89. The second-order valence-corrected chi connectivity index (χ2v) is 6.26. The van der Waals surface area contributed by atoms with Gasteiger partial charge in [-0.15, -0.1) is 0 Å². The average Bonchev–Trinajstić information content (AvgIpc) is 2.45. The molecular weight excluding hydrogens is 266 g/mol. The molecule has 0 spiro atoms. The van der Waals surface area contributed by atoms with Crippen LogP contribution in [0.4, 0.5) is 4.79 Å². The van der Waals surface area contributed by atoms with Crippen LogP contribution < -0.4 is 0 Å². The molecule has 1 heterocycles. The summed E-state index contributed by atoms with van der Waals surface area (Å²) in [5, 5.41) is 9.54. The number of carbonyl (C=O) groups is 1. The number of rotatable bonds is 2. The number of amides is 1. The minimum atomic E-state index is -0.495. The molecule has 0 atom stereocenters. The van der Waals surface area contributed by atoms with Gasteiger partial charge in [0.2, 0.25) is 0 Å². The first kappa shape index (κ1) is 15.6. The summed E-state index contributed by atoms with van der Waals surface area (Å²) in [5.41, 5.74) is 2.58. The smallest absolute Gasteiger partial charge is 0.410 e. The second kappa shape index (κ2) is 6.31. The Morgan fingerprint density at radius 2 is 1.95 bits per heavy atom. The van der Waals surface area contributed by atoms with Crippen molar-refractivity contribution in [2.75, 3.05) is 19.7 Å². The van der Waals surface area contributed by atoms with Crippen molar-refractivity contribution in [3.63, 3.8) is 0 Å². The van der Waals surface area contributed by atoms with Crippen LogP contribution >= 0.6 is 0 Å². The molecule has 1 aromatic rings. The third kappa shape index (κ3) is 4.08. The van der Waals surface area contributed by atoms with E-state index in [1.165, 1.54) is 0 Å². The van der Waals surface area contributed by atoms with Crippen LogP contribution in [0.25, 0.3) is 5.57 Å². The topological polar surface area (TPSA) is 49.8 Å². The van der Waals surface area contributed by atoms with Crippen LogP contribution in [0.5, 0.6) is 0 Å². The van der Waals surface area contributed by atoms with Crippen molar-refractivity contribution in [3.8, 4) is 0 Å². The molecule has 0 radical (unpaired) electrons. The molecule has 4 heteroatoms. The van der Waals surface area contributed by atoms with Gasteiger partial charge in [-0.05, 0) is 43.9 Å². The highest BCUT2D eigenvalue weighted by molar-refractivity contribution is 5.77. The fourth-order valence-electron chi connectivity index (χ4n) is 2.39. The van der Waals surface area contributed by atoms with Gasteiger partial charge in [-0.25, -0.2) is 4.79 Å². The van der Waals surface area contributed by atoms with Gasteiger partial charge >= 0.3 is 6.09 Å². The molecule has 1 aromatic carbocycles. The molecule has 0 unspecified atom stereocenters. The zero-order valence-electron chi connectivity index (χ0n) is 12.9. The van der Waals surface area contributed by atoms with Gasteiger partial charge in [-0.1, -0.05) is 30.3 Å². The molecular formula is C17H23NO3. The zero-order chi connectivity index (χ0) is 15.5. The maximum Gasteiger partial charge on any atom is 0.410 e. The first-order valence-corrected chi connectivity index (χ1v) is 7.26. The Bertz CT molecular complexity index is 529. The van der Waals surface area contributed by atoms with Crippen LogP contribution in [-0.2, 0) is 4.74 Å². The van der Waals surface area contributed by atoms with Crippen LogP contribution in [0.3, 0.4) is 0 Å². The van der Waals surface area contributed by atoms with E-state index in [1.54, 1.807) is 4.90 Å². The van der Waals surface area contributed by atoms with Crippen molar-refractivity contribution < 1.29 is 14.6 Å². The Morgan fingerprint density at radius 1 is 1.29 bits per heavy atom. The van der Waals surface area contributed by atoms with Crippen LogP contribution in [0, 0.1) is 0 Å². The van der Waals surface area contributed by atoms with Crippen molar-refractivity contribution in [2.45, 2.75) is 32.8 Å². The summed E-state index contributed by atoms with van der Waals surface area (Å²) >= 11 is 0. The molecule has 0 saturated carbocycles. The van der Waals surface area contributed by atoms with E-state index in [0.717, 1.165) is 16.7 Å². The molecule has 21 heavy (non-hydrogen) atoms. The molecule has 0 aliphatic carbocycles. The number of hydrogen-bond acceptors (Lipinski definition) is 3. The van der Waals surface area contributed by atoms with Gasteiger partial charge in [-0.2, -0.15) is 0 Å². The van der Waals surface area contributed by atoms with Gasteiger partial charge in [0.25, 0.3) is 0 Å². The summed E-state index contributed by atoms with van der Waals surface area (Å²) < 4.78 is 5.43. The van der Waals surface area contributed by atoms with Crippen molar-refractivity contribution in [1.82, 2.24) is 4.90 Å². The van der Waals surface area contributed by atoms with E-state index >= 15 is 0 Å². The molecule has 0 bridgehead atoms. The Kier molecular flexibility index (Phi) is 4.68. The van der Waals surface area contributed by atoms with Crippen LogP contribution in [0.1, 0.15) is 32.8 Å². The molecule has 1 aliphatic heterocycles. The second-order valence-electron chi connectivity index (χ2n) is 6.26. The molecule has 1 aliphatic rings. The highest BCUT2D eigenvalue weighted by Gasteiger charge is 2.27. The van der Waals surface area contributed by atoms with Gasteiger partial charge in [0, 0.05) is 13.1 Å². The van der Waals surface area contributed by atoms with Gasteiger partial charge in [-0.3, -0.25) is 0 Å². The van der Waals surface area contributed by atoms with Crippen molar-refractivity contribution in [2.24, 2.45) is 0 Å². The average molecular weight is 289 g/mol. The van der Waals surface area contributed by atoms with Crippen molar-refractivity contribution in [3.05, 3.63) is 41.5 Å². The van der Waals surface area contributed by atoms with E-state index < -0.39 is 5.60 Å². The number of hydrogen-bond donors (Lipinski definition) is 1. The maximum absolute atomic E-state index is 12.2. The largest absolute Gasteiger partial charge is 0.444 e. The predicted octanol–water partition coefficient (Wildman–Crippen LogP) is 3.07. The fraction of sp³-hybridized carbons (Fsp3) is 0.471. The lowest BCUT2D eigenvalue weighted by Crippen LogP contribution is -2.40. The van der Waals surface area contributed by atoms with Crippen LogP contribution in [0.15, 0.2) is 35.9 Å². The first-order valence-electron chi connectivity index (χ1n) is 7.26. The van der Waals surface area contributed by atoms with Gasteiger partial charge < -0.3 is 14.7 Å². The normalized spacial score (nSPS) is 16.1. The molecule has 4 nitrogen and oxygen atoms in total. The number of benzene rings is 1.